The number of hydrogen-bond donors (Lipinski definition) is 1. The second-order valence-corrected chi connectivity index (χ2v) is 5.98. The minimum atomic E-state index is -2.95. The molecule has 1 N–H and O–H groups in total. The second kappa shape index (κ2) is 4.28. The first-order chi connectivity index (χ1) is 6.41. The van der Waals surface area contributed by atoms with Crippen molar-refractivity contribution < 1.29 is 13.5 Å². The van der Waals surface area contributed by atoms with Crippen molar-refractivity contribution in [2.75, 3.05) is 11.5 Å². The molecule has 1 unspecified atom stereocenters. The molecule has 1 aliphatic heterocycles. The van der Waals surface area contributed by atoms with E-state index >= 15 is 0 Å². The van der Waals surface area contributed by atoms with Crippen molar-refractivity contribution >= 4 is 9.84 Å². The third kappa shape index (κ3) is 3.27. The fraction of sp³-hybridized carbons (Fsp3) is 0.600. The Bertz CT molecular complexity index is 359. The van der Waals surface area contributed by atoms with E-state index in [9.17, 15) is 13.5 Å². The number of aliphatic hydroxyl groups excluding tert-OH is 1. The predicted molar refractivity (Wildman–Crippen MR) is 56.8 cm³/mol. The zero-order chi connectivity index (χ0) is 10.8. The van der Waals surface area contributed by atoms with Crippen LogP contribution in [0.25, 0.3) is 0 Å². The van der Waals surface area contributed by atoms with Crippen LogP contribution in [0.3, 0.4) is 0 Å². The number of allylic oxidation sites excluding steroid dienone is 1. The summed E-state index contributed by atoms with van der Waals surface area (Å²) >= 11 is 0. The smallest absolute Gasteiger partial charge is 0.157 e. The number of sulfone groups is 1. The van der Waals surface area contributed by atoms with E-state index in [1.165, 1.54) is 0 Å². The van der Waals surface area contributed by atoms with Gasteiger partial charge < -0.3 is 5.11 Å². The first-order valence-corrected chi connectivity index (χ1v) is 6.43. The summed E-state index contributed by atoms with van der Waals surface area (Å²) in [6.45, 7) is 3.90. The summed E-state index contributed by atoms with van der Waals surface area (Å²) in [6, 6.07) is 0. The van der Waals surface area contributed by atoms with Gasteiger partial charge in [-0.2, -0.15) is 0 Å². The molecule has 1 atom stereocenters. The van der Waals surface area contributed by atoms with Crippen molar-refractivity contribution in [1.82, 2.24) is 0 Å². The molecule has 0 aliphatic carbocycles. The Morgan fingerprint density at radius 1 is 1.64 bits per heavy atom. The zero-order valence-electron chi connectivity index (χ0n) is 8.53. The Kier molecular flexibility index (Phi) is 3.50. The third-order valence-electron chi connectivity index (χ3n) is 2.16. The molecule has 4 heteroatoms. The normalized spacial score (nSPS) is 21.5. The van der Waals surface area contributed by atoms with Crippen LogP contribution in [0.1, 0.15) is 20.3 Å². The van der Waals surface area contributed by atoms with E-state index in [-0.39, 0.29) is 11.5 Å². The molecular weight excluding hydrogens is 200 g/mol. The summed E-state index contributed by atoms with van der Waals surface area (Å²) in [5.74, 6) is 0.0962. The second-order valence-electron chi connectivity index (χ2n) is 3.87. The molecule has 0 saturated heterocycles. The summed E-state index contributed by atoms with van der Waals surface area (Å²) in [5, 5.41) is 9.65. The first kappa shape index (κ1) is 11.5. The first-order valence-electron chi connectivity index (χ1n) is 4.61. The van der Waals surface area contributed by atoms with Gasteiger partial charge in [-0.1, -0.05) is 17.7 Å². The van der Waals surface area contributed by atoms with E-state index in [0.29, 0.717) is 12.0 Å². The molecule has 0 aromatic heterocycles. The van der Waals surface area contributed by atoms with Crippen LogP contribution < -0.4 is 0 Å². The molecule has 0 spiro atoms. The lowest BCUT2D eigenvalue weighted by atomic mass is 10.1. The molecular formula is C10H16O3S. The molecule has 0 saturated carbocycles. The summed E-state index contributed by atoms with van der Waals surface area (Å²) in [4.78, 5) is 0. The van der Waals surface area contributed by atoms with Crippen LogP contribution in [-0.2, 0) is 9.84 Å². The summed E-state index contributed by atoms with van der Waals surface area (Å²) in [6.07, 6.45) is 3.40. The molecule has 0 radical (unpaired) electrons. The third-order valence-corrected chi connectivity index (χ3v) is 3.61. The Labute approximate surface area is 85.1 Å². The molecule has 0 fully saturated rings. The van der Waals surface area contributed by atoms with E-state index in [1.54, 1.807) is 6.08 Å². The molecule has 0 amide bonds. The van der Waals surface area contributed by atoms with Gasteiger partial charge in [0.2, 0.25) is 0 Å². The minimum Gasteiger partial charge on any atom is -0.388 e. The van der Waals surface area contributed by atoms with Gasteiger partial charge in [0.05, 0.1) is 17.6 Å². The van der Waals surface area contributed by atoms with Crippen LogP contribution in [0.5, 0.6) is 0 Å². The van der Waals surface area contributed by atoms with E-state index < -0.39 is 15.9 Å². The largest absolute Gasteiger partial charge is 0.388 e. The molecule has 0 aromatic carbocycles. The fourth-order valence-electron chi connectivity index (χ4n) is 1.34. The van der Waals surface area contributed by atoms with Gasteiger partial charge in [-0.3, -0.25) is 0 Å². The Morgan fingerprint density at radius 3 is 2.71 bits per heavy atom. The standard InChI is InChI=1S/C10H16O3S/c1-8(2)3-4-10(11)9-5-6-14(12,13)7-9/h3,5,10-11H,4,6-7H2,1-2H3. The van der Waals surface area contributed by atoms with Gasteiger partial charge in [0.1, 0.15) is 0 Å². The maximum Gasteiger partial charge on any atom is 0.157 e. The van der Waals surface area contributed by atoms with Gasteiger partial charge in [-0.05, 0) is 25.8 Å². The van der Waals surface area contributed by atoms with Gasteiger partial charge in [0.15, 0.2) is 9.84 Å². The molecule has 0 aromatic rings. The molecule has 3 nitrogen and oxygen atoms in total. The van der Waals surface area contributed by atoms with E-state index in [1.807, 2.05) is 19.9 Å². The van der Waals surface area contributed by atoms with Crippen LogP contribution in [-0.4, -0.2) is 31.1 Å². The minimum absolute atomic E-state index is 0.0186. The van der Waals surface area contributed by atoms with Crippen molar-refractivity contribution in [3.8, 4) is 0 Å². The van der Waals surface area contributed by atoms with Gasteiger partial charge in [0.25, 0.3) is 0 Å². The Balaban J connectivity index is 2.56. The highest BCUT2D eigenvalue weighted by atomic mass is 32.2. The van der Waals surface area contributed by atoms with Crippen LogP contribution in [0.4, 0.5) is 0 Å². The topological polar surface area (TPSA) is 54.4 Å². The van der Waals surface area contributed by atoms with Gasteiger partial charge >= 0.3 is 0 Å². The lowest BCUT2D eigenvalue weighted by Gasteiger charge is -2.08. The monoisotopic (exact) mass is 216 g/mol. The highest BCUT2D eigenvalue weighted by molar-refractivity contribution is 7.92. The quantitative estimate of drug-likeness (QED) is 0.718. The lowest BCUT2D eigenvalue weighted by Crippen LogP contribution is -2.13. The summed E-state index contributed by atoms with van der Waals surface area (Å²) < 4.78 is 22.2. The lowest BCUT2D eigenvalue weighted by molar-refractivity contribution is 0.215. The van der Waals surface area contributed by atoms with Crippen molar-refractivity contribution in [3.05, 3.63) is 23.3 Å². The molecule has 1 aliphatic rings. The zero-order valence-corrected chi connectivity index (χ0v) is 9.34. The molecule has 1 heterocycles. The van der Waals surface area contributed by atoms with E-state index in [2.05, 4.69) is 0 Å². The molecule has 0 bridgehead atoms. The fourth-order valence-corrected chi connectivity index (χ4v) is 2.74. The molecule has 1 rings (SSSR count). The average molecular weight is 216 g/mol. The average Bonchev–Trinajstić information content (AvgIpc) is 2.41. The van der Waals surface area contributed by atoms with Crippen LogP contribution in [0.15, 0.2) is 23.3 Å². The van der Waals surface area contributed by atoms with Gasteiger partial charge in [-0.15, -0.1) is 0 Å². The van der Waals surface area contributed by atoms with Crippen LogP contribution in [0, 0.1) is 0 Å². The number of rotatable bonds is 3. The Hall–Kier alpha value is -0.610. The highest BCUT2D eigenvalue weighted by Crippen LogP contribution is 2.17. The molecule has 80 valence electrons. The SMILES string of the molecule is CC(C)=CCC(O)C1=CCS(=O)(=O)C1. The summed E-state index contributed by atoms with van der Waals surface area (Å²) in [5.41, 5.74) is 1.77. The van der Waals surface area contributed by atoms with Gasteiger partial charge in [0, 0.05) is 0 Å². The Morgan fingerprint density at radius 2 is 2.29 bits per heavy atom. The van der Waals surface area contributed by atoms with E-state index in [4.69, 9.17) is 0 Å². The van der Waals surface area contributed by atoms with Crippen molar-refractivity contribution in [2.45, 2.75) is 26.4 Å². The highest BCUT2D eigenvalue weighted by Gasteiger charge is 2.23. The maximum atomic E-state index is 11.1. The van der Waals surface area contributed by atoms with E-state index in [0.717, 1.165) is 5.57 Å². The van der Waals surface area contributed by atoms with Crippen LogP contribution in [0.2, 0.25) is 0 Å². The molecule has 14 heavy (non-hydrogen) atoms. The van der Waals surface area contributed by atoms with Crippen molar-refractivity contribution in [2.24, 2.45) is 0 Å². The number of hydrogen-bond acceptors (Lipinski definition) is 3. The predicted octanol–water partition coefficient (Wildman–Crippen LogP) is 1.06. The van der Waals surface area contributed by atoms with Crippen LogP contribution >= 0.6 is 0 Å². The summed E-state index contributed by atoms with van der Waals surface area (Å²) in [7, 11) is -2.95. The van der Waals surface area contributed by atoms with Gasteiger partial charge in [-0.25, -0.2) is 8.42 Å². The number of aliphatic hydroxyl groups is 1. The van der Waals surface area contributed by atoms with Crippen molar-refractivity contribution in [1.29, 1.82) is 0 Å². The van der Waals surface area contributed by atoms with Crippen molar-refractivity contribution in [3.63, 3.8) is 0 Å². The maximum absolute atomic E-state index is 11.1.